The van der Waals surface area contributed by atoms with Gasteiger partial charge in [-0.25, -0.2) is 12.7 Å². The lowest BCUT2D eigenvalue weighted by molar-refractivity contribution is -0.115. The van der Waals surface area contributed by atoms with Crippen LogP contribution >= 0.6 is 15.9 Å². The van der Waals surface area contributed by atoms with Crippen molar-refractivity contribution in [1.82, 2.24) is 4.31 Å². The van der Waals surface area contributed by atoms with Gasteiger partial charge in [0, 0.05) is 20.0 Å². The van der Waals surface area contributed by atoms with Crippen LogP contribution in [0.4, 0.5) is 0 Å². The van der Waals surface area contributed by atoms with Crippen molar-refractivity contribution in [2.75, 3.05) is 13.6 Å². The molecule has 0 radical (unpaired) electrons. The summed E-state index contributed by atoms with van der Waals surface area (Å²) in [7, 11) is -1.90. The van der Waals surface area contributed by atoms with E-state index in [-0.39, 0.29) is 5.78 Å². The SMILES string of the molecule is Cc1ccc(S(=O)(=O)N(C)CCC2=C(Br)C(=O)CCC2)cc1. The summed E-state index contributed by atoms with van der Waals surface area (Å²) in [4.78, 5) is 12.0. The largest absolute Gasteiger partial charge is 0.294 e. The first-order valence-corrected chi connectivity index (χ1v) is 9.49. The van der Waals surface area contributed by atoms with Crippen LogP contribution in [0.3, 0.4) is 0 Å². The first kappa shape index (κ1) is 17.4. The van der Waals surface area contributed by atoms with Crippen LogP contribution in [0, 0.1) is 6.92 Å². The molecule has 0 spiro atoms. The number of rotatable bonds is 5. The van der Waals surface area contributed by atoms with E-state index < -0.39 is 10.0 Å². The molecule has 0 unspecified atom stereocenters. The van der Waals surface area contributed by atoms with Gasteiger partial charge < -0.3 is 0 Å². The second kappa shape index (κ2) is 7.06. The highest BCUT2D eigenvalue weighted by Gasteiger charge is 2.23. The maximum absolute atomic E-state index is 12.5. The van der Waals surface area contributed by atoms with E-state index in [9.17, 15) is 13.2 Å². The van der Waals surface area contributed by atoms with Crippen molar-refractivity contribution in [1.29, 1.82) is 0 Å². The molecule has 0 aliphatic heterocycles. The molecule has 0 saturated heterocycles. The summed E-state index contributed by atoms with van der Waals surface area (Å²) in [6.07, 6.45) is 2.85. The van der Waals surface area contributed by atoms with E-state index in [4.69, 9.17) is 0 Å². The number of allylic oxidation sites excluding steroid dienone is 1. The first-order valence-electron chi connectivity index (χ1n) is 7.26. The fourth-order valence-corrected chi connectivity index (χ4v) is 4.18. The maximum atomic E-state index is 12.5. The van der Waals surface area contributed by atoms with Crippen LogP contribution in [0.5, 0.6) is 0 Å². The van der Waals surface area contributed by atoms with Gasteiger partial charge in [0.2, 0.25) is 10.0 Å². The number of hydrogen-bond acceptors (Lipinski definition) is 3. The van der Waals surface area contributed by atoms with Crippen LogP contribution in [0.1, 0.15) is 31.2 Å². The lowest BCUT2D eigenvalue weighted by Gasteiger charge is -2.20. The lowest BCUT2D eigenvalue weighted by Crippen LogP contribution is -2.28. The van der Waals surface area contributed by atoms with Crippen molar-refractivity contribution < 1.29 is 13.2 Å². The van der Waals surface area contributed by atoms with Gasteiger partial charge in [0.15, 0.2) is 5.78 Å². The van der Waals surface area contributed by atoms with Gasteiger partial charge in [-0.1, -0.05) is 23.3 Å². The van der Waals surface area contributed by atoms with Crippen molar-refractivity contribution in [3.05, 3.63) is 39.9 Å². The Hall–Kier alpha value is -0.980. The van der Waals surface area contributed by atoms with Gasteiger partial charge in [0.25, 0.3) is 0 Å². The average Bonchev–Trinajstić information content (AvgIpc) is 2.49. The van der Waals surface area contributed by atoms with E-state index in [0.29, 0.717) is 28.8 Å². The molecule has 1 aromatic carbocycles. The summed E-state index contributed by atoms with van der Waals surface area (Å²) in [6.45, 7) is 2.29. The van der Waals surface area contributed by atoms with Crippen molar-refractivity contribution in [2.45, 2.75) is 37.5 Å². The topological polar surface area (TPSA) is 54.5 Å². The Morgan fingerprint density at radius 1 is 1.18 bits per heavy atom. The molecule has 0 fully saturated rings. The number of aryl methyl sites for hydroxylation is 1. The highest BCUT2D eigenvalue weighted by molar-refractivity contribution is 9.12. The molecule has 1 aromatic rings. The van der Waals surface area contributed by atoms with E-state index in [1.54, 1.807) is 31.3 Å². The second-order valence-corrected chi connectivity index (χ2v) is 8.42. The summed E-state index contributed by atoms with van der Waals surface area (Å²) >= 11 is 3.34. The van der Waals surface area contributed by atoms with Crippen molar-refractivity contribution >= 4 is 31.7 Å². The molecule has 0 saturated carbocycles. The number of nitrogens with zero attached hydrogens (tertiary/aromatic N) is 1. The normalized spacial score (nSPS) is 16.5. The predicted octanol–water partition coefficient (Wildman–Crippen LogP) is 3.41. The van der Waals surface area contributed by atoms with Gasteiger partial charge in [0.05, 0.1) is 9.38 Å². The summed E-state index contributed by atoms with van der Waals surface area (Å²) in [5.74, 6) is 0.116. The number of ketones is 1. The number of hydrogen-bond donors (Lipinski definition) is 0. The lowest BCUT2D eigenvalue weighted by atomic mass is 9.96. The van der Waals surface area contributed by atoms with Crippen LogP contribution in [0.25, 0.3) is 0 Å². The minimum Gasteiger partial charge on any atom is -0.294 e. The standard InChI is InChI=1S/C16H20BrNO3S/c1-12-6-8-14(9-7-12)22(20,21)18(2)11-10-13-4-3-5-15(19)16(13)17/h6-9H,3-5,10-11H2,1-2H3. The zero-order valence-electron chi connectivity index (χ0n) is 12.8. The van der Waals surface area contributed by atoms with Crippen LogP contribution < -0.4 is 0 Å². The van der Waals surface area contributed by atoms with Gasteiger partial charge >= 0.3 is 0 Å². The molecule has 1 aliphatic rings. The number of carbonyl (C=O) groups is 1. The molecule has 0 amide bonds. The van der Waals surface area contributed by atoms with E-state index in [1.807, 2.05) is 6.92 Å². The average molecular weight is 386 g/mol. The molecular weight excluding hydrogens is 366 g/mol. The van der Waals surface area contributed by atoms with Crippen LogP contribution in [0.2, 0.25) is 0 Å². The molecule has 4 nitrogen and oxygen atoms in total. The van der Waals surface area contributed by atoms with Crippen LogP contribution in [-0.4, -0.2) is 32.1 Å². The molecular formula is C16H20BrNO3S. The Morgan fingerprint density at radius 3 is 2.45 bits per heavy atom. The zero-order chi connectivity index (χ0) is 16.3. The summed E-state index contributed by atoms with van der Waals surface area (Å²) < 4.78 is 27.0. The fraction of sp³-hybridized carbons (Fsp3) is 0.438. The monoisotopic (exact) mass is 385 g/mol. The van der Waals surface area contributed by atoms with Crippen molar-refractivity contribution in [3.63, 3.8) is 0 Å². The predicted molar refractivity (Wildman–Crippen MR) is 90.4 cm³/mol. The van der Waals surface area contributed by atoms with Gasteiger partial charge in [-0.05, 0) is 54.2 Å². The fourth-order valence-electron chi connectivity index (χ4n) is 2.42. The molecule has 0 N–H and O–H groups in total. The molecule has 0 aromatic heterocycles. The highest BCUT2D eigenvalue weighted by Crippen LogP contribution is 2.29. The summed E-state index contributed by atoms with van der Waals surface area (Å²) in [5, 5.41) is 0. The van der Waals surface area contributed by atoms with E-state index in [0.717, 1.165) is 24.0 Å². The number of halogens is 1. The van der Waals surface area contributed by atoms with Crippen molar-refractivity contribution in [2.24, 2.45) is 0 Å². The highest BCUT2D eigenvalue weighted by atomic mass is 79.9. The Labute approximate surface area is 140 Å². The molecule has 0 heterocycles. The molecule has 22 heavy (non-hydrogen) atoms. The van der Waals surface area contributed by atoms with Gasteiger partial charge in [0.1, 0.15) is 0 Å². The Balaban J connectivity index is 2.08. The summed E-state index contributed by atoms with van der Waals surface area (Å²) in [6, 6.07) is 6.83. The van der Waals surface area contributed by atoms with E-state index >= 15 is 0 Å². The van der Waals surface area contributed by atoms with Crippen LogP contribution in [-0.2, 0) is 14.8 Å². The third-order valence-electron chi connectivity index (χ3n) is 3.90. The third kappa shape index (κ3) is 3.86. The molecule has 120 valence electrons. The van der Waals surface area contributed by atoms with E-state index in [2.05, 4.69) is 15.9 Å². The Bertz CT molecular complexity index is 693. The summed E-state index contributed by atoms with van der Waals surface area (Å²) in [5.41, 5.74) is 2.04. The number of carbonyl (C=O) groups excluding carboxylic acids is 1. The molecule has 2 rings (SSSR count). The maximum Gasteiger partial charge on any atom is 0.242 e. The second-order valence-electron chi connectivity index (χ2n) is 5.58. The molecule has 6 heteroatoms. The minimum atomic E-state index is -3.48. The van der Waals surface area contributed by atoms with Crippen molar-refractivity contribution in [3.8, 4) is 0 Å². The number of Topliss-reactive ketones (excluding diaryl/α,β-unsaturated/α-hetero) is 1. The zero-order valence-corrected chi connectivity index (χ0v) is 15.2. The Morgan fingerprint density at radius 2 is 1.82 bits per heavy atom. The van der Waals surface area contributed by atoms with Gasteiger partial charge in [-0.3, -0.25) is 4.79 Å². The molecule has 1 aliphatic carbocycles. The minimum absolute atomic E-state index is 0.116. The third-order valence-corrected chi connectivity index (χ3v) is 6.77. The smallest absolute Gasteiger partial charge is 0.242 e. The van der Waals surface area contributed by atoms with Crippen LogP contribution in [0.15, 0.2) is 39.2 Å². The van der Waals surface area contributed by atoms with Gasteiger partial charge in [-0.2, -0.15) is 0 Å². The number of sulfonamides is 1. The van der Waals surface area contributed by atoms with Gasteiger partial charge in [-0.15, -0.1) is 0 Å². The van der Waals surface area contributed by atoms with E-state index in [1.165, 1.54) is 4.31 Å². The quantitative estimate of drug-likeness (QED) is 0.780. The molecule has 0 bridgehead atoms. The molecule has 0 atom stereocenters. The number of benzene rings is 1. The first-order chi connectivity index (χ1) is 10.3. The Kier molecular flexibility index (Phi) is 5.58.